The number of amides is 1. The Bertz CT molecular complexity index is 943. The molecule has 0 saturated heterocycles. The third-order valence-corrected chi connectivity index (χ3v) is 4.48. The van der Waals surface area contributed by atoms with E-state index in [0.29, 0.717) is 12.5 Å². The van der Waals surface area contributed by atoms with Gasteiger partial charge in [-0.3, -0.25) is 9.78 Å². The lowest BCUT2D eigenvalue weighted by Gasteiger charge is -2.16. The molecule has 6 nitrogen and oxygen atoms in total. The second-order valence-electron chi connectivity index (χ2n) is 6.99. The van der Waals surface area contributed by atoms with E-state index in [2.05, 4.69) is 36.1 Å². The van der Waals surface area contributed by atoms with Gasteiger partial charge < -0.3 is 14.8 Å². The molecule has 3 rings (SSSR count). The van der Waals surface area contributed by atoms with Crippen LogP contribution in [0.4, 0.5) is 11.5 Å². The van der Waals surface area contributed by atoms with E-state index in [0.717, 1.165) is 33.7 Å². The third kappa shape index (κ3) is 3.40. The molecule has 3 aromatic heterocycles. The first-order valence-corrected chi connectivity index (χ1v) is 8.75. The maximum atomic E-state index is 12.1. The van der Waals surface area contributed by atoms with Crippen molar-refractivity contribution in [3.8, 4) is 0 Å². The fourth-order valence-electron chi connectivity index (χ4n) is 2.95. The smallest absolute Gasteiger partial charge is 0.241 e. The number of carbonyl (C=O) groups excluding carboxylic acids is 1. The van der Waals surface area contributed by atoms with Crippen molar-refractivity contribution < 1.29 is 4.79 Å². The summed E-state index contributed by atoms with van der Waals surface area (Å²) in [6, 6.07) is 5.92. The summed E-state index contributed by atoms with van der Waals surface area (Å²) in [5, 5.41) is 4.46. The van der Waals surface area contributed by atoms with E-state index in [1.54, 1.807) is 25.2 Å². The molecular formula is C20H25N5O. The number of hydrogen-bond acceptors (Lipinski definition) is 4. The summed E-state index contributed by atoms with van der Waals surface area (Å²) in [6.07, 6.45) is 5.54. The minimum Gasteiger partial charge on any atom is -0.347 e. The molecule has 3 heterocycles. The van der Waals surface area contributed by atoms with Crippen LogP contribution in [0.5, 0.6) is 0 Å². The molecule has 26 heavy (non-hydrogen) atoms. The van der Waals surface area contributed by atoms with Gasteiger partial charge in [-0.15, -0.1) is 0 Å². The average Bonchev–Trinajstić information content (AvgIpc) is 3.00. The quantitative estimate of drug-likeness (QED) is 0.761. The average molecular weight is 351 g/mol. The Kier molecular flexibility index (Phi) is 4.93. The lowest BCUT2D eigenvalue weighted by atomic mass is 10.0. The number of nitrogens with one attached hydrogen (secondary N) is 1. The summed E-state index contributed by atoms with van der Waals surface area (Å²) in [4.78, 5) is 22.7. The molecule has 0 aliphatic carbocycles. The van der Waals surface area contributed by atoms with Gasteiger partial charge in [0, 0.05) is 38.1 Å². The van der Waals surface area contributed by atoms with Crippen molar-refractivity contribution in [1.82, 2.24) is 19.4 Å². The van der Waals surface area contributed by atoms with Crippen molar-refractivity contribution in [2.75, 3.05) is 19.4 Å². The zero-order valence-corrected chi connectivity index (χ0v) is 15.9. The molecule has 0 unspecified atom stereocenters. The van der Waals surface area contributed by atoms with Crippen LogP contribution in [0.25, 0.3) is 10.9 Å². The molecule has 0 atom stereocenters. The SMILES string of the molecule is Cc1ccnc(C(C)C)c1Nc1nccc2c1ccn2CC(=O)N(C)C. The Balaban J connectivity index is 2.01. The van der Waals surface area contributed by atoms with E-state index in [4.69, 9.17) is 0 Å². The Hall–Kier alpha value is -2.89. The highest BCUT2D eigenvalue weighted by Gasteiger charge is 2.15. The molecule has 0 aliphatic rings. The molecule has 1 N–H and O–H groups in total. The normalized spacial score (nSPS) is 11.2. The van der Waals surface area contributed by atoms with Crippen molar-refractivity contribution in [2.24, 2.45) is 0 Å². The molecule has 0 aliphatic heterocycles. The molecular weight excluding hydrogens is 326 g/mol. The second-order valence-corrected chi connectivity index (χ2v) is 6.99. The minimum atomic E-state index is 0.0546. The van der Waals surface area contributed by atoms with Crippen LogP contribution in [0.1, 0.15) is 31.0 Å². The van der Waals surface area contributed by atoms with Crippen molar-refractivity contribution in [3.63, 3.8) is 0 Å². The zero-order chi connectivity index (χ0) is 18.8. The predicted molar refractivity (Wildman–Crippen MR) is 105 cm³/mol. The third-order valence-electron chi connectivity index (χ3n) is 4.48. The Morgan fingerprint density at radius 2 is 1.92 bits per heavy atom. The number of pyridine rings is 2. The highest BCUT2D eigenvalue weighted by Crippen LogP contribution is 2.31. The lowest BCUT2D eigenvalue weighted by Crippen LogP contribution is -2.25. The van der Waals surface area contributed by atoms with Crippen LogP contribution in [-0.2, 0) is 11.3 Å². The number of carbonyl (C=O) groups is 1. The molecule has 0 spiro atoms. The minimum absolute atomic E-state index is 0.0546. The van der Waals surface area contributed by atoms with E-state index < -0.39 is 0 Å². The number of rotatable bonds is 5. The van der Waals surface area contributed by atoms with Crippen LogP contribution in [-0.4, -0.2) is 39.4 Å². The number of aromatic nitrogens is 3. The number of anilines is 2. The number of fused-ring (bicyclic) bond motifs is 1. The van der Waals surface area contributed by atoms with E-state index >= 15 is 0 Å². The molecule has 0 fully saturated rings. The number of aryl methyl sites for hydroxylation is 1. The number of hydrogen-bond donors (Lipinski definition) is 1. The van der Waals surface area contributed by atoms with E-state index in [-0.39, 0.29) is 5.91 Å². The zero-order valence-electron chi connectivity index (χ0n) is 15.9. The molecule has 6 heteroatoms. The first-order valence-electron chi connectivity index (χ1n) is 8.75. The van der Waals surface area contributed by atoms with Crippen LogP contribution in [0.3, 0.4) is 0 Å². The molecule has 0 saturated carbocycles. The van der Waals surface area contributed by atoms with Gasteiger partial charge in [-0.2, -0.15) is 0 Å². The Morgan fingerprint density at radius 3 is 2.62 bits per heavy atom. The standard InChI is InChI=1S/C20H25N5O/c1-13(2)18-19(14(3)6-9-21-18)23-20-15-8-11-25(12-17(26)24(4)5)16(15)7-10-22-20/h6-11,13H,12H2,1-5H3,(H,22,23). The van der Waals surface area contributed by atoms with Crippen LogP contribution in [0, 0.1) is 6.92 Å². The molecule has 136 valence electrons. The van der Waals surface area contributed by atoms with Gasteiger partial charge in [-0.25, -0.2) is 4.98 Å². The lowest BCUT2D eigenvalue weighted by molar-refractivity contribution is -0.129. The summed E-state index contributed by atoms with van der Waals surface area (Å²) in [7, 11) is 3.53. The first kappa shape index (κ1) is 17.9. The molecule has 0 radical (unpaired) electrons. The van der Waals surface area contributed by atoms with E-state index in [1.807, 2.05) is 35.2 Å². The summed E-state index contributed by atoms with van der Waals surface area (Å²) < 4.78 is 1.95. The Morgan fingerprint density at radius 1 is 1.19 bits per heavy atom. The van der Waals surface area contributed by atoms with Crippen LogP contribution in [0.2, 0.25) is 0 Å². The summed E-state index contributed by atoms with van der Waals surface area (Å²) in [6.45, 7) is 6.63. The fourth-order valence-corrected chi connectivity index (χ4v) is 2.95. The van der Waals surface area contributed by atoms with Crippen molar-refractivity contribution >= 4 is 28.3 Å². The van der Waals surface area contributed by atoms with Crippen LogP contribution in [0.15, 0.2) is 36.8 Å². The van der Waals surface area contributed by atoms with Gasteiger partial charge in [-0.05, 0) is 36.6 Å². The Labute approximate surface area is 153 Å². The number of likely N-dealkylation sites (N-methyl/N-ethyl adjacent to an activating group) is 1. The summed E-state index contributed by atoms with van der Waals surface area (Å²) in [5.74, 6) is 1.13. The number of nitrogens with zero attached hydrogens (tertiary/aromatic N) is 4. The predicted octanol–water partition coefficient (Wildman–Crippen LogP) is 3.69. The van der Waals surface area contributed by atoms with Gasteiger partial charge in [-0.1, -0.05) is 13.8 Å². The molecule has 1 amide bonds. The van der Waals surface area contributed by atoms with Gasteiger partial charge in [0.2, 0.25) is 5.91 Å². The van der Waals surface area contributed by atoms with Crippen molar-refractivity contribution in [1.29, 1.82) is 0 Å². The first-order chi connectivity index (χ1) is 12.4. The van der Waals surface area contributed by atoms with E-state index in [1.165, 1.54) is 0 Å². The maximum absolute atomic E-state index is 12.1. The second kappa shape index (κ2) is 7.15. The highest BCUT2D eigenvalue weighted by molar-refractivity contribution is 5.93. The van der Waals surface area contributed by atoms with Gasteiger partial charge in [0.1, 0.15) is 12.4 Å². The van der Waals surface area contributed by atoms with Crippen molar-refractivity contribution in [2.45, 2.75) is 33.2 Å². The monoisotopic (exact) mass is 351 g/mol. The molecule has 3 aromatic rings. The van der Waals surface area contributed by atoms with Gasteiger partial charge >= 0.3 is 0 Å². The maximum Gasteiger partial charge on any atom is 0.241 e. The fraction of sp³-hybridized carbons (Fsp3) is 0.350. The van der Waals surface area contributed by atoms with E-state index in [9.17, 15) is 4.79 Å². The van der Waals surface area contributed by atoms with Crippen LogP contribution >= 0.6 is 0 Å². The summed E-state index contributed by atoms with van der Waals surface area (Å²) in [5.41, 5.74) is 4.13. The molecule has 0 bridgehead atoms. The van der Waals surface area contributed by atoms with Gasteiger partial charge in [0.25, 0.3) is 0 Å². The largest absolute Gasteiger partial charge is 0.347 e. The van der Waals surface area contributed by atoms with Gasteiger partial charge in [0.15, 0.2) is 0 Å². The van der Waals surface area contributed by atoms with Crippen molar-refractivity contribution in [3.05, 3.63) is 48.0 Å². The highest BCUT2D eigenvalue weighted by atomic mass is 16.2. The van der Waals surface area contributed by atoms with Gasteiger partial charge in [0.05, 0.1) is 16.9 Å². The van der Waals surface area contributed by atoms with Crippen LogP contribution < -0.4 is 5.32 Å². The summed E-state index contributed by atoms with van der Waals surface area (Å²) >= 11 is 0. The molecule has 0 aromatic carbocycles. The topological polar surface area (TPSA) is 63.1 Å².